The van der Waals surface area contributed by atoms with E-state index in [1.54, 1.807) is 25.4 Å². The van der Waals surface area contributed by atoms with Crippen molar-refractivity contribution in [3.63, 3.8) is 0 Å². The Bertz CT molecular complexity index is 678. The van der Waals surface area contributed by atoms with Gasteiger partial charge >= 0.3 is 0 Å². The van der Waals surface area contributed by atoms with E-state index >= 15 is 0 Å². The lowest BCUT2D eigenvalue weighted by Gasteiger charge is -2.34. The summed E-state index contributed by atoms with van der Waals surface area (Å²) in [7, 11) is 1.58. The van der Waals surface area contributed by atoms with Gasteiger partial charge in [-0.3, -0.25) is 9.45 Å². The third-order valence-corrected chi connectivity index (χ3v) is 4.82. The van der Waals surface area contributed by atoms with E-state index in [9.17, 15) is 4.79 Å². The van der Waals surface area contributed by atoms with E-state index < -0.39 is 0 Å². The monoisotopic (exact) mass is 390 g/mol. The average molecular weight is 391 g/mol. The van der Waals surface area contributed by atoms with Gasteiger partial charge in [-0.1, -0.05) is 11.6 Å². The third-order valence-electron chi connectivity index (χ3n) is 3.49. The molecule has 0 atom stereocenters. The highest BCUT2D eigenvalue weighted by atomic mass is 35.5. The van der Waals surface area contributed by atoms with Crippen LogP contribution in [0, 0.1) is 0 Å². The number of ether oxygens (including phenoxy) is 1. The first kappa shape index (κ1) is 18.7. The van der Waals surface area contributed by atoms with E-state index in [0.29, 0.717) is 47.9 Å². The Morgan fingerprint density at radius 1 is 1.29 bits per heavy atom. The van der Waals surface area contributed by atoms with Gasteiger partial charge < -0.3 is 14.5 Å². The Balaban J connectivity index is 0.00000100. The Hall–Kier alpha value is -1.61. The number of rotatable bonds is 3. The number of anilines is 1. The summed E-state index contributed by atoms with van der Waals surface area (Å²) in [5.41, 5.74) is 0. The van der Waals surface area contributed by atoms with Crippen LogP contribution in [-0.4, -0.2) is 58.7 Å². The largest absolute Gasteiger partial charge is 0.481 e. The van der Waals surface area contributed by atoms with Gasteiger partial charge in [-0.05, 0) is 11.4 Å². The smallest absolute Gasteiger partial charge is 0.265 e. The van der Waals surface area contributed by atoms with Crippen LogP contribution in [0.3, 0.4) is 0 Å². The lowest BCUT2D eigenvalue weighted by Crippen LogP contribution is -2.49. The van der Waals surface area contributed by atoms with Gasteiger partial charge in [0.05, 0.1) is 24.0 Å². The van der Waals surface area contributed by atoms with Crippen molar-refractivity contribution in [2.24, 2.45) is 0 Å². The van der Waals surface area contributed by atoms with Crippen molar-refractivity contribution in [2.75, 3.05) is 38.2 Å². The number of amides is 1. The number of methoxy groups -OCH3 is 1. The molecule has 1 aliphatic rings. The van der Waals surface area contributed by atoms with Crippen molar-refractivity contribution in [3.8, 4) is 5.88 Å². The van der Waals surface area contributed by atoms with Crippen LogP contribution in [0.4, 0.5) is 5.95 Å². The summed E-state index contributed by atoms with van der Waals surface area (Å²) >= 11 is 11.0. The molecule has 0 saturated carbocycles. The summed E-state index contributed by atoms with van der Waals surface area (Å²) < 4.78 is 11.6. The predicted octanol–water partition coefficient (Wildman–Crippen LogP) is 2.30. The highest BCUT2D eigenvalue weighted by Gasteiger charge is 2.25. The number of aromatic nitrogens is 2. The van der Waals surface area contributed by atoms with E-state index in [0.717, 1.165) is 0 Å². The van der Waals surface area contributed by atoms with Gasteiger partial charge in [0.15, 0.2) is 0 Å². The molecular weight excluding hydrogens is 375 g/mol. The number of carbonyl (C=O) groups excluding carboxylic acids is 1. The van der Waals surface area contributed by atoms with Crippen LogP contribution in [-0.2, 0) is 0 Å². The van der Waals surface area contributed by atoms with Gasteiger partial charge in [-0.15, -0.1) is 11.3 Å². The van der Waals surface area contributed by atoms with Crippen LogP contribution in [0.25, 0.3) is 0 Å². The Morgan fingerprint density at radius 2 is 2.00 bits per heavy atom. The molecular formula is C14H16Cl2N4O3S. The second-order valence-electron chi connectivity index (χ2n) is 4.78. The fraction of sp³-hybridized carbons (Fsp3) is 0.357. The lowest BCUT2D eigenvalue weighted by molar-refractivity contribution is 0.0751. The second kappa shape index (κ2) is 9.03. The lowest BCUT2D eigenvalue weighted by atomic mass is 10.3. The van der Waals surface area contributed by atoms with E-state index in [1.807, 2.05) is 15.2 Å². The van der Waals surface area contributed by atoms with Gasteiger partial charge in [0.2, 0.25) is 11.8 Å². The first-order chi connectivity index (χ1) is 11.7. The molecule has 0 unspecified atom stereocenters. The summed E-state index contributed by atoms with van der Waals surface area (Å²) in [4.78, 5) is 25.4. The molecule has 0 radical (unpaired) electrons. The van der Waals surface area contributed by atoms with Gasteiger partial charge in [-0.25, -0.2) is 4.98 Å². The first-order valence-corrected chi connectivity index (χ1v) is 8.60. The van der Waals surface area contributed by atoms with Crippen molar-refractivity contribution in [3.05, 3.63) is 33.6 Å². The van der Waals surface area contributed by atoms with Gasteiger partial charge in [-0.2, -0.15) is 4.98 Å². The van der Waals surface area contributed by atoms with Crippen LogP contribution >= 0.6 is 34.8 Å². The molecule has 3 rings (SSSR count). The second-order valence-corrected chi connectivity index (χ2v) is 6.10. The van der Waals surface area contributed by atoms with Crippen molar-refractivity contribution in [1.29, 1.82) is 0 Å². The fourth-order valence-corrected chi connectivity index (χ4v) is 3.40. The SMILES string of the molecule is COc1ccnc(N2CCN(C(=O)c3sccc3Cl)CC2)n1.OCl. The maximum Gasteiger partial charge on any atom is 0.265 e. The quantitative estimate of drug-likeness (QED) is 0.865. The predicted molar refractivity (Wildman–Crippen MR) is 94.1 cm³/mol. The highest BCUT2D eigenvalue weighted by Crippen LogP contribution is 2.24. The summed E-state index contributed by atoms with van der Waals surface area (Å²) in [5, 5.41) is 2.35. The van der Waals surface area contributed by atoms with Crippen LogP contribution < -0.4 is 9.64 Å². The molecule has 1 saturated heterocycles. The molecule has 2 aromatic heterocycles. The molecule has 7 nitrogen and oxygen atoms in total. The Morgan fingerprint density at radius 3 is 2.58 bits per heavy atom. The standard InChI is InChI=1S/C14H15ClN4O2S.ClHO/c1-21-11-2-4-16-14(17-11)19-7-5-18(6-8-19)13(20)12-10(15)3-9-22-12;1-2/h2-4,9H,5-8H2,1H3;2H. The fourth-order valence-electron chi connectivity index (χ4n) is 2.30. The van der Waals surface area contributed by atoms with Crippen LogP contribution in [0.2, 0.25) is 5.02 Å². The summed E-state index contributed by atoms with van der Waals surface area (Å²) in [5.74, 6) is 1.15. The maximum atomic E-state index is 12.4. The van der Waals surface area contributed by atoms with Crippen LogP contribution in [0.15, 0.2) is 23.7 Å². The number of halogens is 2. The van der Waals surface area contributed by atoms with Crippen LogP contribution in [0.5, 0.6) is 5.88 Å². The van der Waals surface area contributed by atoms with Crippen molar-refractivity contribution < 1.29 is 14.2 Å². The minimum Gasteiger partial charge on any atom is -0.481 e. The van der Waals surface area contributed by atoms with Crippen LogP contribution in [0.1, 0.15) is 9.67 Å². The molecule has 2 aromatic rings. The molecule has 0 spiro atoms. The number of thiophene rings is 1. The minimum absolute atomic E-state index is 0.00814. The minimum atomic E-state index is -0.00814. The third kappa shape index (κ3) is 4.27. The van der Waals surface area contributed by atoms with E-state index in [2.05, 4.69) is 21.8 Å². The zero-order chi connectivity index (χ0) is 17.5. The maximum absolute atomic E-state index is 12.4. The molecule has 24 heavy (non-hydrogen) atoms. The number of carbonyl (C=O) groups is 1. The van der Waals surface area contributed by atoms with E-state index in [-0.39, 0.29) is 5.91 Å². The molecule has 1 amide bonds. The number of nitrogens with zero attached hydrogens (tertiary/aromatic N) is 4. The Kier molecular flexibility index (Phi) is 7.04. The first-order valence-electron chi connectivity index (χ1n) is 7.00. The number of hydrogen-bond donors (Lipinski definition) is 1. The molecule has 130 valence electrons. The van der Waals surface area contributed by atoms with E-state index in [1.165, 1.54) is 11.3 Å². The zero-order valence-electron chi connectivity index (χ0n) is 12.9. The summed E-state index contributed by atoms with van der Waals surface area (Å²) in [6, 6.07) is 3.46. The van der Waals surface area contributed by atoms with Crippen molar-refractivity contribution in [1.82, 2.24) is 14.9 Å². The van der Waals surface area contributed by atoms with Gasteiger partial charge in [0, 0.05) is 38.4 Å². The van der Waals surface area contributed by atoms with E-state index in [4.69, 9.17) is 21.0 Å². The average Bonchev–Trinajstić information content (AvgIpc) is 3.09. The Labute approximate surface area is 153 Å². The summed E-state index contributed by atoms with van der Waals surface area (Å²) in [6.45, 7) is 2.60. The topological polar surface area (TPSA) is 78.8 Å². The normalized spacial score (nSPS) is 14.0. The molecule has 0 bridgehead atoms. The molecule has 1 aliphatic heterocycles. The van der Waals surface area contributed by atoms with Crippen molar-refractivity contribution in [2.45, 2.75) is 0 Å². The van der Waals surface area contributed by atoms with Crippen molar-refractivity contribution >= 4 is 46.7 Å². The molecule has 0 aromatic carbocycles. The highest BCUT2D eigenvalue weighted by molar-refractivity contribution is 7.12. The molecule has 1 fully saturated rings. The molecule has 1 N–H and O–H groups in total. The molecule has 10 heteroatoms. The van der Waals surface area contributed by atoms with Gasteiger partial charge in [0.25, 0.3) is 5.91 Å². The van der Waals surface area contributed by atoms with Gasteiger partial charge in [0.1, 0.15) is 4.88 Å². The molecule has 3 heterocycles. The number of piperazine rings is 1. The molecule has 0 aliphatic carbocycles. The number of hydrogen-bond acceptors (Lipinski definition) is 7. The summed E-state index contributed by atoms with van der Waals surface area (Å²) in [6.07, 6.45) is 1.67. The zero-order valence-corrected chi connectivity index (χ0v) is 15.2.